The highest BCUT2D eigenvalue weighted by Gasteiger charge is 2.47. The van der Waals surface area contributed by atoms with Crippen molar-refractivity contribution in [1.29, 1.82) is 0 Å². The molecular weight excluding hydrogens is 298 g/mol. The van der Waals surface area contributed by atoms with Crippen LogP contribution in [-0.2, 0) is 20.7 Å². The molecule has 0 aliphatic carbocycles. The van der Waals surface area contributed by atoms with Crippen LogP contribution in [0.5, 0.6) is 0 Å². The number of fused-ring (bicyclic) bond motifs is 1. The Hall–Kier alpha value is -0.910. The van der Waals surface area contributed by atoms with E-state index in [9.17, 15) is 4.79 Å². The number of rotatable bonds is 5. The lowest BCUT2D eigenvalue weighted by molar-refractivity contribution is -0.163. The number of hydrogen-bond acceptors (Lipinski definition) is 4. The molecule has 1 aromatic heterocycles. The zero-order valence-electron chi connectivity index (χ0n) is 13.3. The Morgan fingerprint density at radius 3 is 3.27 bits per heavy atom. The van der Waals surface area contributed by atoms with E-state index in [0.717, 1.165) is 51.1 Å². The van der Waals surface area contributed by atoms with Gasteiger partial charge in [0, 0.05) is 31.7 Å². The van der Waals surface area contributed by atoms with Gasteiger partial charge in [0.25, 0.3) is 0 Å². The maximum absolute atomic E-state index is 12.6. The molecule has 2 aliphatic heterocycles. The third-order valence-electron chi connectivity index (χ3n) is 4.87. The molecule has 22 heavy (non-hydrogen) atoms. The van der Waals surface area contributed by atoms with Gasteiger partial charge in [-0.3, -0.25) is 4.79 Å². The van der Waals surface area contributed by atoms with Crippen molar-refractivity contribution in [3.8, 4) is 0 Å². The maximum atomic E-state index is 12.6. The summed E-state index contributed by atoms with van der Waals surface area (Å²) in [7, 11) is 0. The Morgan fingerprint density at radius 1 is 1.59 bits per heavy atom. The van der Waals surface area contributed by atoms with Gasteiger partial charge < -0.3 is 14.4 Å². The quantitative estimate of drug-likeness (QED) is 0.836. The molecule has 5 heteroatoms. The molecule has 0 aromatic carbocycles. The topological polar surface area (TPSA) is 38.8 Å². The van der Waals surface area contributed by atoms with Gasteiger partial charge in [0.15, 0.2) is 0 Å². The third kappa shape index (κ3) is 3.36. The molecule has 0 N–H and O–H groups in total. The predicted molar refractivity (Wildman–Crippen MR) is 87.1 cm³/mol. The highest BCUT2D eigenvalue weighted by atomic mass is 32.1. The van der Waals surface area contributed by atoms with Gasteiger partial charge in [-0.2, -0.15) is 11.3 Å². The summed E-state index contributed by atoms with van der Waals surface area (Å²) in [5.74, 6) is 0.235. The van der Waals surface area contributed by atoms with Gasteiger partial charge in [0.1, 0.15) is 0 Å². The minimum absolute atomic E-state index is 0.00316. The van der Waals surface area contributed by atoms with Gasteiger partial charge in [-0.25, -0.2) is 0 Å². The number of likely N-dealkylation sites (tertiary alicyclic amines) is 1. The zero-order chi connectivity index (χ0) is 15.4. The lowest BCUT2D eigenvalue weighted by Crippen LogP contribution is -2.58. The first-order valence-electron chi connectivity index (χ1n) is 8.22. The summed E-state index contributed by atoms with van der Waals surface area (Å²) in [6.07, 6.45) is 3.86. The van der Waals surface area contributed by atoms with E-state index < -0.39 is 0 Å². The lowest BCUT2D eigenvalue weighted by Gasteiger charge is -2.50. The zero-order valence-corrected chi connectivity index (χ0v) is 14.1. The number of amides is 1. The Morgan fingerprint density at radius 2 is 2.50 bits per heavy atom. The van der Waals surface area contributed by atoms with Gasteiger partial charge in [0.2, 0.25) is 5.91 Å². The fraction of sp³-hybridized carbons (Fsp3) is 0.706. The van der Waals surface area contributed by atoms with Crippen LogP contribution >= 0.6 is 11.3 Å². The average Bonchev–Trinajstić information content (AvgIpc) is 3.05. The van der Waals surface area contributed by atoms with Gasteiger partial charge >= 0.3 is 0 Å². The highest BCUT2D eigenvalue weighted by Crippen LogP contribution is 2.40. The molecule has 2 aliphatic rings. The van der Waals surface area contributed by atoms with Crippen molar-refractivity contribution >= 4 is 17.2 Å². The van der Waals surface area contributed by atoms with Crippen molar-refractivity contribution in [1.82, 2.24) is 4.90 Å². The Balaban J connectivity index is 1.68. The second kappa shape index (κ2) is 7.11. The Labute approximate surface area is 136 Å². The number of hydrogen-bond donors (Lipinski definition) is 0. The molecule has 0 spiro atoms. The normalized spacial score (nSPS) is 28.4. The molecule has 3 rings (SSSR count). The van der Waals surface area contributed by atoms with Crippen molar-refractivity contribution in [2.24, 2.45) is 5.41 Å². The van der Waals surface area contributed by atoms with Crippen molar-refractivity contribution in [3.05, 3.63) is 22.4 Å². The standard InChI is InChI=1S/C17H25NO3S/c1-2-20-13-17-6-3-8-21-15(17)4-7-18(12-17)16(19)10-14-5-9-22-11-14/h5,9,11,15H,2-4,6-8,10,12-13H2,1H3/t15-,17-/m0/s1. The summed E-state index contributed by atoms with van der Waals surface area (Å²) >= 11 is 1.65. The van der Waals surface area contributed by atoms with E-state index in [1.807, 2.05) is 23.3 Å². The van der Waals surface area contributed by atoms with Crippen LogP contribution in [0.25, 0.3) is 0 Å². The monoisotopic (exact) mass is 323 g/mol. The van der Waals surface area contributed by atoms with Crippen LogP contribution < -0.4 is 0 Å². The summed E-state index contributed by atoms with van der Waals surface area (Å²) in [6.45, 7) is 5.88. The largest absolute Gasteiger partial charge is 0.381 e. The summed E-state index contributed by atoms with van der Waals surface area (Å²) in [6, 6.07) is 2.04. The molecule has 0 radical (unpaired) electrons. The first kappa shape index (κ1) is 16.0. The van der Waals surface area contributed by atoms with Crippen LogP contribution in [0.15, 0.2) is 16.8 Å². The van der Waals surface area contributed by atoms with E-state index in [-0.39, 0.29) is 17.4 Å². The summed E-state index contributed by atoms with van der Waals surface area (Å²) in [5, 5.41) is 4.09. The van der Waals surface area contributed by atoms with E-state index in [0.29, 0.717) is 13.0 Å². The fourth-order valence-corrected chi connectivity index (χ4v) is 4.37. The molecule has 122 valence electrons. The van der Waals surface area contributed by atoms with E-state index in [1.165, 1.54) is 0 Å². The van der Waals surface area contributed by atoms with E-state index in [1.54, 1.807) is 11.3 Å². The van der Waals surface area contributed by atoms with Crippen LogP contribution in [0.3, 0.4) is 0 Å². The maximum Gasteiger partial charge on any atom is 0.227 e. The molecule has 3 heterocycles. The summed E-state index contributed by atoms with van der Waals surface area (Å²) < 4.78 is 11.8. The molecule has 2 fully saturated rings. The molecule has 1 amide bonds. The fourth-order valence-electron chi connectivity index (χ4n) is 3.70. The third-order valence-corrected chi connectivity index (χ3v) is 5.60. The Kier molecular flexibility index (Phi) is 5.16. The molecule has 0 saturated carbocycles. The van der Waals surface area contributed by atoms with Crippen molar-refractivity contribution in [3.63, 3.8) is 0 Å². The number of piperidine rings is 1. The molecule has 4 nitrogen and oxygen atoms in total. The van der Waals surface area contributed by atoms with Crippen LogP contribution in [0.2, 0.25) is 0 Å². The summed E-state index contributed by atoms with van der Waals surface area (Å²) in [4.78, 5) is 14.6. The van der Waals surface area contributed by atoms with Crippen molar-refractivity contribution < 1.29 is 14.3 Å². The van der Waals surface area contributed by atoms with E-state index >= 15 is 0 Å². The van der Waals surface area contributed by atoms with Crippen molar-refractivity contribution in [2.75, 3.05) is 32.9 Å². The molecule has 0 bridgehead atoms. The average molecular weight is 323 g/mol. The first-order valence-corrected chi connectivity index (χ1v) is 9.16. The SMILES string of the molecule is CCOC[C@@]12CCCO[C@H]1CCN(C(=O)Cc1ccsc1)C2. The molecule has 0 unspecified atom stereocenters. The van der Waals surface area contributed by atoms with Crippen LogP contribution in [-0.4, -0.2) is 49.8 Å². The number of ether oxygens (including phenoxy) is 2. The first-order chi connectivity index (χ1) is 10.7. The Bertz CT molecular complexity index is 490. The number of carbonyl (C=O) groups excluding carboxylic acids is 1. The second-order valence-corrected chi connectivity index (χ2v) is 7.15. The van der Waals surface area contributed by atoms with Gasteiger partial charge in [-0.1, -0.05) is 0 Å². The van der Waals surface area contributed by atoms with Crippen LogP contribution in [0.1, 0.15) is 31.7 Å². The number of nitrogens with zero attached hydrogens (tertiary/aromatic N) is 1. The smallest absolute Gasteiger partial charge is 0.227 e. The van der Waals surface area contributed by atoms with Gasteiger partial charge in [-0.15, -0.1) is 0 Å². The minimum atomic E-state index is -0.00316. The molecular formula is C17H25NO3S. The van der Waals surface area contributed by atoms with Gasteiger partial charge in [0.05, 0.1) is 19.1 Å². The predicted octanol–water partition coefficient (Wildman–Crippen LogP) is 2.72. The van der Waals surface area contributed by atoms with E-state index in [2.05, 4.69) is 5.38 Å². The van der Waals surface area contributed by atoms with Crippen LogP contribution in [0, 0.1) is 5.41 Å². The number of carbonyl (C=O) groups is 1. The van der Waals surface area contributed by atoms with E-state index in [4.69, 9.17) is 9.47 Å². The minimum Gasteiger partial charge on any atom is -0.381 e. The lowest BCUT2D eigenvalue weighted by atomic mass is 9.73. The molecule has 1 aromatic rings. The van der Waals surface area contributed by atoms with Crippen LogP contribution in [0.4, 0.5) is 0 Å². The van der Waals surface area contributed by atoms with Gasteiger partial charge in [-0.05, 0) is 48.6 Å². The molecule has 2 atom stereocenters. The number of thiophene rings is 1. The summed E-state index contributed by atoms with van der Waals surface area (Å²) in [5.41, 5.74) is 1.12. The second-order valence-electron chi connectivity index (χ2n) is 6.37. The van der Waals surface area contributed by atoms with Crippen molar-refractivity contribution in [2.45, 2.75) is 38.7 Å². The molecule has 2 saturated heterocycles. The highest BCUT2D eigenvalue weighted by molar-refractivity contribution is 7.07.